The summed E-state index contributed by atoms with van der Waals surface area (Å²) >= 11 is 1.16. The molecule has 3 aromatic rings. The third-order valence-corrected chi connectivity index (χ3v) is 5.44. The summed E-state index contributed by atoms with van der Waals surface area (Å²) < 4.78 is 16.1. The summed E-state index contributed by atoms with van der Waals surface area (Å²) in [6, 6.07) is 15.0. The number of nitro groups is 1. The minimum absolute atomic E-state index is 0.142. The molecule has 0 spiro atoms. The molecular weight excluding hydrogens is 434 g/mol. The Kier molecular flexibility index (Phi) is 5.95. The molecule has 32 heavy (non-hydrogen) atoms. The Bertz CT molecular complexity index is 1260. The number of nitrogens with one attached hydrogen (secondary N) is 1. The van der Waals surface area contributed by atoms with Gasteiger partial charge in [0.2, 0.25) is 0 Å². The number of ether oxygens (including phenoxy) is 2. The number of hydrogen-bond acceptors (Lipinski definition) is 8. The van der Waals surface area contributed by atoms with Crippen molar-refractivity contribution in [3.05, 3.63) is 75.4 Å². The normalized spacial score (nSPS) is 15.8. The fourth-order valence-electron chi connectivity index (χ4n) is 3.01. The molecule has 0 unspecified atom stereocenters. The van der Waals surface area contributed by atoms with Gasteiger partial charge in [0.15, 0.2) is 5.17 Å². The topological polar surface area (TPSA) is 116 Å². The van der Waals surface area contributed by atoms with Crippen LogP contribution < -0.4 is 14.8 Å². The zero-order valence-corrected chi connectivity index (χ0v) is 17.8. The summed E-state index contributed by atoms with van der Waals surface area (Å²) in [7, 11) is 2.98. The minimum atomic E-state index is -0.501. The van der Waals surface area contributed by atoms with Crippen molar-refractivity contribution in [3.8, 4) is 22.8 Å². The average Bonchev–Trinajstić information content (AvgIpc) is 3.40. The van der Waals surface area contributed by atoms with Crippen LogP contribution in [-0.2, 0) is 4.79 Å². The van der Waals surface area contributed by atoms with Crippen molar-refractivity contribution in [2.75, 3.05) is 14.2 Å². The Morgan fingerprint density at radius 1 is 1.12 bits per heavy atom. The van der Waals surface area contributed by atoms with Gasteiger partial charge in [0.1, 0.15) is 28.7 Å². The van der Waals surface area contributed by atoms with Crippen molar-refractivity contribution >= 4 is 40.3 Å². The van der Waals surface area contributed by atoms with Crippen LogP contribution in [0.3, 0.4) is 0 Å². The number of hydrogen-bond donors (Lipinski definition) is 1. The highest BCUT2D eigenvalue weighted by molar-refractivity contribution is 8.18. The summed E-state index contributed by atoms with van der Waals surface area (Å²) in [4.78, 5) is 28.1. The lowest BCUT2D eigenvalue weighted by Crippen LogP contribution is -2.19. The van der Waals surface area contributed by atoms with Gasteiger partial charge >= 0.3 is 0 Å². The zero-order chi connectivity index (χ0) is 22.7. The summed E-state index contributed by atoms with van der Waals surface area (Å²) in [5, 5.41) is 14.6. The molecule has 1 aromatic heterocycles. The van der Waals surface area contributed by atoms with Gasteiger partial charge in [-0.2, -0.15) is 0 Å². The van der Waals surface area contributed by atoms with Crippen molar-refractivity contribution in [3.63, 3.8) is 0 Å². The number of methoxy groups -OCH3 is 2. The molecule has 1 fully saturated rings. The van der Waals surface area contributed by atoms with Crippen LogP contribution >= 0.6 is 11.8 Å². The van der Waals surface area contributed by atoms with E-state index >= 15 is 0 Å². The van der Waals surface area contributed by atoms with Gasteiger partial charge in [0.05, 0.1) is 35.7 Å². The van der Waals surface area contributed by atoms with Gasteiger partial charge in [0.25, 0.3) is 11.6 Å². The molecule has 0 radical (unpaired) electrons. The number of thioether (sulfide) groups is 1. The maximum Gasteiger partial charge on any atom is 0.284 e. The van der Waals surface area contributed by atoms with Gasteiger partial charge in [-0.05, 0) is 48.2 Å². The molecule has 162 valence electrons. The first kappa shape index (κ1) is 21.2. The molecule has 9 nitrogen and oxygen atoms in total. The Morgan fingerprint density at radius 3 is 2.69 bits per heavy atom. The van der Waals surface area contributed by atoms with Crippen LogP contribution in [0.4, 0.5) is 11.4 Å². The number of amides is 1. The van der Waals surface area contributed by atoms with Crippen LogP contribution in [0.1, 0.15) is 5.76 Å². The van der Waals surface area contributed by atoms with Crippen LogP contribution in [0, 0.1) is 10.1 Å². The van der Waals surface area contributed by atoms with Crippen molar-refractivity contribution in [2.24, 2.45) is 4.99 Å². The summed E-state index contributed by atoms with van der Waals surface area (Å²) in [5.41, 5.74) is 0.755. The second kappa shape index (κ2) is 8.98. The number of para-hydroxylation sites is 2. The Labute approximate surface area is 186 Å². The number of carbonyl (C=O) groups is 1. The van der Waals surface area contributed by atoms with Crippen LogP contribution in [0.25, 0.3) is 17.4 Å². The van der Waals surface area contributed by atoms with E-state index in [9.17, 15) is 14.9 Å². The Balaban J connectivity index is 1.60. The van der Waals surface area contributed by atoms with Gasteiger partial charge < -0.3 is 19.2 Å². The van der Waals surface area contributed by atoms with E-state index in [2.05, 4.69) is 10.3 Å². The number of benzene rings is 2. The van der Waals surface area contributed by atoms with E-state index in [4.69, 9.17) is 13.9 Å². The van der Waals surface area contributed by atoms with E-state index in [0.717, 1.165) is 11.8 Å². The maximum absolute atomic E-state index is 12.4. The first-order valence-corrected chi connectivity index (χ1v) is 10.2. The quantitative estimate of drug-likeness (QED) is 0.326. The lowest BCUT2D eigenvalue weighted by molar-refractivity contribution is -0.384. The van der Waals surface area contributed by atoms with Crippen LogP contribution in [0.5, 0.6) is 11.5 Å². The summed E-state index contributed by atoms with van der Waals surface area (Å²) in [6.07, 6.45) is 1.56. The average molecular weight is 451 g/mol. The molecule has 0 atom stereocenters. The van der Waals surface area contributed by atoms with Gasteiger partial charge in [-0.25, -0.2) is 4.99 Å². The van der Waals surface area contributed by atoms with Crippen LogP contribution in [0.2, 0.25) is 0 Å². The van der Waals surface area contributed by atoms with E-state index < -0.39 is 4.92 Å². The van der Waals surface area contributed by atoms with Crippen molar-refractivity contribution in [1.82, 2.24) is 5.32 Å². The van der Waals surface area contributed by atoms with Crippen molar-refractivity contribution in [1.29, 1.82) is 0 Å². The fourth-order valence-corrected chi connectivity index (χ4v) is 3.83. The third kappa shape index (κ3) is 4.35. The predicted molar refractivity (Wildman–Crippen MR) is 121 cm³/mol. The number of carbonyl (C=O) groups excluding carboxylic acids is 1. The molecule has 1 N–H and O–H groups in total. The monoisotopic (exact) mass is 451 g/mol. The minimum Gasteiger partial charge on any atom is -0.497 e. The smallest absolute Gasteiger partial charge is 0.284 e. The number of rotatable bonds is 6. The highest BCUT2D eigenvalue weighted by Gasteiger charge is 2.25. The lowest BCUT2D eigenvalue weighted by atomic mass is 10.1. The molecule has 4 rings (SSSR count). The van der Waals surface area contributed by atoms with Crippen LogP contribution in [0.15, 0.2) is 68.9 Å². The highest BCUT2D eigenvalue weighted by Crippen LogP contribution is 2.36. The maximum atomic E-state index is 12.4. The van der Waals surface area contributed by atoms with Crippen LogP contribution in [-0.4, -0.2) is 30.2 Å². The van der Waals surface area contributed by atoms with Gasteiger partial charge in [0, 0.05) is 6.08 Å². The largest absolute Gasteiger partial charge is 0.497 e. The van der Waals surface area contributed by atoms with E-state index in [1.165, 1.54) is 13.2 Å². The molecule has 2 aromatic carbocycles. The second-order valence-electron chi connectivity index (χ2n) is 6.50. The van der Waals surface area contributed by atoms with Gasteiger partial charge in [-0.15, -0.1) is 0 Å². The first-order chi connectivity index (χ1) is 15.5. The third-order valence-electron chi connectivity index (χ3n) is 4.53. The number of nitrogens with zero attached hydrogens (tertiary/aromatic N) is 2. The molecule has 0 saturated carbocycles. The molecule has 0 bridgehead atoms. The Hall–Kier alpha value is -4.05. The first-order valence-electron chi connectivity index (χ1n) is 9.33. The molecule has 1 aliphatic heterocycles. The SMILES string of the molecule is COc1ccc(-c2ccc(/C=C3\SC(=Nc4ccccc4OC)NC3=O)o2)c([N+](=O)[O-])c1. The van der Waals surface area contributed by atoms with E-state index in [1.54, 1.807) is 49.6 Å². The molecule has 1 aliphatic rings. The zero-order valence-electron chi connectivity index (χ0n) is 17.0. The lowest BCUT2D eigenvalue weighted by Gasteiger charge is -2.03. The number of aliphatic imine (C=N–C) groups is 1. The number of amidine groups is 1. The predicted octanol–water partition coefficient (Wildman–Crippen LogP) is 4.76. The second-order valence-corrected chi connectivity index (χ2v) is 7.53. The molecule has 10 heteroatoms. The van der Waals surface area contributed by atoms with Gasteiger partial charge in [-0.1, -0.05) is 12.1 Å². The van der Waals surface area contributed by atoms with E-state index in [-0.39, 0.29) is 11.6 Å². The molecule has 0 aliphatic carbocycles. The molecule has 1 saturated heterocycles. The van der Waals surface area contributed by atoms with E-state index in [0.29, 0.717) is 44.3 Å². The molecule has 2 heterocycles. The number of furan rings is 1. The van der Waals surface area contributed by atoms with Crippen molar-refractivity contribution in [2.45, 2.75) is 0 Å². The highest BCUT2D eigenvalue weighted by atomic mass is 32.2. The van der Waals surface area contributed by atoms with Crippen molar-refractivity contribution < 1.29 is 23.6 Å². The summed E-state index contributed by atoms with van der Waals surface area (Å²) in [5.74, 6) is 1.31. The van der Waals surface area contributed by atoms with E-state index in [1.807, 2.05) is 12.1 Å². The summed E-state index contributed by atoms with van der Waals surface area (Å²) in [6.45, 7) is 0. The molecular formula is C22H17N3O6S. The Morgan fingerprint density at radius 2 is 1.94 bits per heavy atom. The number of nitro benzene ring substituents is 1. The molecule has 1 amide bonds. The standard InChI is InChI=1S/C22H17N3O6S/c1-29-13-7-9-15(17(11-13)25(27)28)18-10-8-14(31-18)12-20-21(26)24-22(32-20)23-16-5-3-4-6-19(16)30-2/h3-12H,1-2H3,(H,23,24,26)/b20-12-. The van der Waals surface area contributed by atoms with Gasteiger partial charge in [-0.3, -0.25) is 14.9 Å². The fraction of sp³-hybridized carbons (Fsp3) is 0.0909.